The Bertz CT molecular complexity index is 691. The fourth-order valence-corrected chi connectivity index (χ4v) is 2.07. The third-order valence-electron chi connectivity index (χ3n) is 3.31. The minimum Gasteiger partial charge on any atom is -0.308 e. The molecule has 0 fully saturated rings. The molecule has 0 amide bonds. The standard InChI is InChI=1S/C20H22N2O/c1-4-18(5-2)16(3)8-7-12-22-20(11-13-23)19-10-6-9-17(14-19)15-21/h4,6-15,21H,3,5H2,1-2H3/b8-7-,18-4+,20-11-,21-15?,22-12-. The number of aldehydes is 1. The van der Waals surface area contributed by atoms with Gasteiger partial charge in [0.1, 0.15) is 6.29 Å². The molecular formula is C20H22N2O. The first kappa shape index (κ1) is 18.2. The van der Waals surface area contributed by atoms with E-state index in [1.165, 1.54) is 17.9 Å². The minimum atomic E-state index is 0.556. The molecule has 3 nitrogen and oxygen atoms in total. The van der Waals surface area contributed by atoms with Crippen molar-refractivity contribution >= 4 is 24.4 Å². The van der Waals surface area contributed by atoms with Crippen molar-refractivity contribution in [1.82, 2.24) is 0 Å². The number of benzene rings is 1. The first-order chi connectivity index (χ1) is 11.2. The Balaban J connectivity index is 2.92. The summed E-state index contributed by atoms with van der Waals surface area (Å²) in [5.74, 6) is 0. The normalized spacial score (nSPS) is 12.8. The van der Waals surface area contributed by atoms with E-state index in [0.717, 1.165) is 23.1 Å². The molecule has 1 rings (SSSR count). The van der Waals surface area contributed by atoms with E-state index in [4.69, 9.17) is 5.41 Å². The lowest BCUT2D eigenvalue weighted by atomic mass is 10.1. The summed E-state index contributed by atoms with van der Waals surface area (Å²) in [5.41, 5.74) is 4.26. The summed E-state index contributed by atoms with van der Waals surface area (Å²) in [5, 5.41) is 7.30. The molecule has 1 aromatic carbocycles. The number of aliphatic imine (C=N–C) groups is 1. The summed E-state index contributed by atoms with van der Waals surface area (Å²) in [6, 6.07) is 7.34. The van der Waals surface area contributed by atoms with Crippen LogP contribution in [-0.2, 0) is 4.79 Å². The largest absolute Gasteiger partial charge is 0.308 e. The van der Waals surface area contributed by atoms with E-state index in [1.54, 1.807) is 12.3 Å². The van der Waals surface area contributed by atoms with Gasteiger partial charge in [-0.1, -0.05) is 43.9 Å². The van der Waals surface area contributed by atoms with E-state index < -0.39 is 0 Å². The smallest absolute Gasteiger partial charge is 0.145 e. The number of nitrogens with zero attached hydrogens (tertiary/aromatic N) is 1. The maximum atomic E-state index is 10.8. The second-order valence-electron chi connectivity index (χ2n) is 4.79. The van der Waals surface area contributed by atoms with Crippen molar-refractivity contribution in [2.24, 2.45) is 4.99 Å². The number of allylic oxidation sites excluding steroid dienone is 6. The molecule has 1 N–H and O–H groups in total. The molecule has 0 spiro atoms. The highest BCUT2D eigenvalue weighted by atomic mass is 16.1. The summed E-state index contributed by atoms with van der Waals surface area (Å²) >= 11 is 0. The van der Waals surface area contributed by atoms with Gasteiger partial charge in [-0.2, -0.15) is 0 Å². The first-order valence-corrected chi connectivity index (χ1v) is 7.47. The Morgan fingerprint density at radius 3 is 2.78 bits per heavy atom. The summed E-state index contributed by atoms with van der Waals surface area (Å²) < 4.78 is 0. The monoisotopic (exact) mass is 306 g/mol. The maximum Gasteiger partial charge on any atom is 0.145 e. The Kier molecular flexibility index (Phi) is 7.94. The van der Waals surface area contributed by atoms with Crippen LogP contribution in [0.2, 0.25) is 0 Å². The lowest BCUT2D eigenvalue weighted by molar-refractivity contribution is -0.104. The predicted octanol–water partition coefficient (Wildman–Crippen LogP) is 4.76. The third kappa shape index (κ3) is 5.83. The number of rotatable bonds is 8. The van der Waals surface area contributed by atoms with Crippen molar-refractivity contribution in [1.29, 1.82) is 5.41 Å². The van der Waals surface area contributed by atoms with Gasteiger partial charge in [0.15, 0.2) is 0 Å². The first-order valence-electron chi connectivity index (χ1n) is 7.47. The molecule has 0 radical (unpaired) electrons. The average Bonchev–Trinajstić information content (AvgIpc) is 2.58. The molecule has 0 unspecified atom stereocenters. The Hall–Kier alpha value is -2.81. The molecule has 0 saturated carbocycles. The van der Waals surface area contributed by atoms with Crippen LogP contribution in [0, 0.1) is 5.41 Å². The van der Waals surface area contributed by atoms with Crippen LogP contribution in [-0.4, -0.2) is 18.7 Å². The summed E-state index contributed by atoms with van der Waals surface area (Å²) in [4.78, 5) is 15.1. The zero-order chi connectivity index (χ0) is 17.1. The highest BCUT2D eigenvalue weighted by Gasteiger charge is 1.99. The van der Waals surface area contributed by atoms with Gasteiger partial charge in [0.2, 0.25) is 0 Å². The Morgan fingerprint density at radius 1 is 1.39 bits per heavy atom. The van der Waals surface area contributed by atoms with Gasteiger partial charge in [-0.15, -0.1) is 0 Å². The molecule has 3 heteroatoms. The molecule has 0 aliphatic heterocycles. The van der Waals surface area contributed by atoms with Crippen molar-refractivity contribution in [3.8, 4) is 0 Å². The van der Waals surface area contributed by atoms with Crippen molar-refractivity contribution in [2.45, 2.75) is 20.3 Å². The van der Waals surface area contributed by atoms with Gasteiger partial charge in [-0.3, -0.25) is 9.79 Å². The molecule has 0 aromatic heterocycles. The zero-order valence-corrected chi connectivity index (χ0v) is 13.6. The van der Waals surface area contributed by atoms with Gasteiger partial charge in [0.25, 0.3) is 0 Å². The summed E-state index contributed by atoms with van der Waals surface area (Å²) in [6.45, 7) is 8.10. The highest BCUT2D eigenvalue weighted by Crippen LogP contribution is 2.16. The zero-order valence-electron chi connectivity index (χ0n) is 13.6. The second-order valence-corrected chi connectivity index (χ2v) is 4.79. The van der Waals surface area contributed by atoms with Crippen LogP contribution in [0.4, 0.5) is 0 Å². The lowest BCUT2D eigenvalue weighted by Crippen LogP contribution is -1.87. The number of nitrogens with one attached hydrogen (secondary N) is 1. The van der Waals surface area contributed by atoms with E-state index in [9.17, 15) is 4.79 Å². The number of hydrogen-bond donors (Lipinski definition) is 1. The number of carbonyl (C=O) groups excluding carboxylic acids is 1. The third-order valence-corrected chi connectivity index (χ3v) is 3.31. The van der Waals surface area contributed by atoms with Crippen molar-refractivity contribution in [2.75, 3.05) is 0 Å². The topological polar surface area (TPSA) is 53.3 Å². The summed E-state index contributed by atoms with van der Waals surface area (Å²) in [7, 11) is 0. The van der Waals surface area contributed by atoms with Crippen LogP contribution in [0.25, 0.3) is 5.70 Å². The van der Waals surface area contributed by atoms with E-state index in [0.29, 0.717) is 12.0 Å². The molecule has 118 valence electrons. The fraction of sp³-hybridized carbons (Fsp3) is 0.150. The van der Waals surface area contributed by atoms with Crippen molar-refractivity contribution in [3.05, 3.63) is 77.4 Å². The van der Waals surface area contributed by atoms with Crippen molar-refractivity contribution < 1.29 is 4.79 Å². The van der Waals surface area contributed by atoms with Gasteiger partial charge in [0.05, 0.1) is 5.70 Å². The predicted molar refractivity (Wildman–Crippen MR) is 99.2 cm³/mol. The van der Waals surface area contributed by atoms with Crippen LogP contribution in [0.1, 0.15) is 31.4 Å². The van der Waals surface area contributed by atoms with Crippen LogP contribution in [0.15, 0.2) is 71.3 Å². The Labute approximate surface area is 138 Å². The molecule has 0 aliphatic rings. The van der Waals surface area contributed by atoms with Crippen LogP contribution < -0.4 is 0 Å². The maximum absolute atomic E-state index is 10.8. The van der Waals surface area contributed by atoms with Gasteiger partial charge < -0.3 is 5.41 Å². The second kappa shape index (κ2) is 10.0. The number of carbonyl (C=O) groups is 1. The molecule has 1 aromatic rings. The lowest BCUT2D eigenvalue weighted by Gasteiger charge is -2.02. The van der Waals surface area contributed by atoms with Crippen LogP contribution in [0.5, 0.6) is 0 Å². The number of hydrogen-bond acceptors (Lipinski definition) is 3. The minimum absolute atomic E-state index is 0.556. The molecule has 0 aliphatic carbocycles. The van der Waals surface area contributed by atoms with E-state index in [1.807, 2.05) is 43.3 Å². The average molecular weight is 306 g/mol. The molecule has 0 heterocycles. The fourth-order valence-electron chi connectivity index (χ4n) is 2.07. The van der Waals surface area contributed by atoms with Gasteiger partial charge in [-0.05, 0) is 42.2 Å². The van der Waals surface area contributed by atoms with E-state index in [2.05, 4.69) is 18.5 Å². The van der Waals surface area contributed by atoms with Gasteiger partial charge in [0, 0.05) is 24.1 Å². The van der Waals surface area contributed by atoms with E-state index >= 15 is 0 Å². The quantitative estimate of drug-likeness (QED) is 0.320. The van der Waals surface area contributed by atoms with Gasteiger partial charge in [-0.25, -0.2) is 0 Å². The summed E-state index contributed by atoms with van der Waals surface area (Å²) in [6.07, 6.45) is 11.7. The SMILES string of the molecule is C=C(\C=C/C=N\C(=C/C=O)c1cccc(C=N)c1)/C(=C/C)CC. The van der Waals surface area contributed by atoms with Crippen molar-refractivity contribution in [3.63, 3.8) is 0 Å². The Morgan fingerprint density at radius 2 is 2.17 bits per heavy atom. The molecule has 0 bridgehead atoms. The van der Waals surface area contributed by atoms with Gasteiger partial charge >= 0.3 is 0 Å². The molecule has 0 saturated heterocycles. The van der Waals surface area contributed by atoms with Crippen LogP contribution >= 0.6 is 0 Å². The van der Waals surface area contributed by atoms with Crippen LogP contribution in [0.3, 0.4) is 0 Å². The van der Waals surface area contributed by atoms with E-state index in [-0.39, 0.29) is 0 Å². The highest BCUT2D eigenvalue weighted by molar-refractivity contribution is 5.88. The molecule has 23 heavy (non-hydrogen) atoms. The molecule has 0 atom stereocenters. The molecular weight excluding hydrogens is 284 g/mol.